The Labute approximate surface area is 116 Å². The van der Waals surface area contributed by atoms with Gasteiger partial charge in [0.25, 0.3) is 5.91 Å². The highest BCUT2D eigenvalue weighted by molar-refractivity contribution is 6.00. The van der Waals surface area contributed by atoms with Crippen molar-refractivity contribution in [3.63, 3.8) is 0 Å². The SMILES string of the molecule is CN(C)C(=O)c1ccc2noc(-c3ccccc3)c2c1. The summed E-state index contributed by atoms with van der Waals surface area (Å²) in [5.41, 5.74) is 2.33. The Balaban J connectivity index is 2.16. The van der Waals surface area contributed by atoms with Gasteiger partial charge in [0.1, 0.15) is 5.52 Å². The number of fused-ring (bicyclic) bond motifs is 1. The molecule has 0 radical (unpaired) electrons. The molecule has 0 spiro atoms. The molecule has 0 aliphatic heterocycles. The summed E-state index contributed by atoms with van der Waals surface area (Å²) in [5, 5.41) is 4.89. The Morgan fingerprint density at radius 2 is 1.85 bits per heavy atom. The van der Waals surface area contributed by atoms with Gasteiger partial charge >= 0.3 is 0 Å². The highest BCUT2D eigenvalue weighted by Crippen LogP contribution is 2.29. The van der Waals surface area contributed by atoms with E-state index in [1.807, 2.05) is 42.5 Å². The van der Waals surface area contributed by atoms with Crippen LogP contribution in [-0.4, -0.2) is 30.1 Å². The number of carbonyl (C=O) groups excluding carboxylic acids is 1. The Bertz CT molecular complexity index is 761. The van der Waals surface area contributed by atoms with Crippen LogP contribution in [0.1, 0.15) is 10.4 Å². The van der Waals surface area contributed by atoms with Gasteiger partial charge in [-0.25, -0.2) is 0 Å². The summed E-state index contributed by atoms with van der Waals surface area (Å²) < 4.78 is 5.42. The molecule has 0 saturated heterocycles. The number of rotatable bonds is 2. The maximum Gasteiger partial charge on any atom is 0.253 e. The summed E-state index contributed by atoms with van der Waals surface area (Å²) in [6.07, 6.45) is 0. The van der Waals surface area contributed by atoms with Crippen molar-refractivity contribution < 1.29 is 9.32 Å². The van der Waals surface area contributed by atoms with Gasteiger partial charge in [-0.3, -0.25) is 4.79 Å². The van der Waals surface area contributed by atoms with Gasteiger partial charge in [0.2, 0.25) is 0 Å². The lowest BCUT2D eigenvalue weighted by atomic mass is 10.1. The number of benzene rings is 2. The van der Waals surface area contributed by atoms with E-state index in [2.05, 4.69) is 5.16 Å². The van der Waals surface area contributed by atoms with Crippen molar-refractivity contribution >= 4 is 16.8 Å². The maximum atomic E-state index is 12.0. The largest absolute Gasteiger partial charge is 0.355 e. The summed E-state index contributed by atoms with van der Waals surface area (Å²) in [6.45, 7) is 0. The standard InChI is InChI=1S/C16H14N2O2/c1-18(2)16(19)12-8-9-14-13(10-12)15(20-17-14)11-6-4-3-5-7-11/h3-10H,1-2H3. The van der Waals surface area contributed by atoms with E-state index in [0.717, 1.165) is 16.5 Å². The minimum atomic E-state index is -0.0351. The van der Waals surface area contributed by atoms with Gasteiger partial charge in [-0.1, -0.05) is 35.5 Å². The third kappa shape index (κ3) is 2.05. The van der Waals surface area contributed by atoms with Crippen LogP contribution >= 0.6 is 0 Å². The van der Waals surface area contributed by atoms with Crippen LogP contribution in [0.4, 0.5) is 0 Å². The molecule has 0 bridgehead atoms. The van der Waals surface area contributed by atoms with Crippen molar-refractivity contribution in [2.24, 2.45) is 0 Å². The molecule has 0 aliphatic rings. The van der Waals surface area contributed by atoms with Gasteiger partial charge in [0, 0.05) is 25.2 Å². The first-order valence-corrected chi connectivity index (χ1v) is 6.33. The normalized spacial score (nSPS) is 10.7. The summed E-state index contributed by atoms with van der Waals surface area (Å²) in [4.78, 5) is 13.6. The Kier molecular flexibility index (Phi) is 2.99. The first-order valence-electron chi connectivity index (χ1n) is 6.33. The summed E-state index contributed by atoms with van der Waals surface area (Å²) in [6, 6.07) is 15.2. The number of carbonyl (C=O) groups is 1. The third-order valence-corrected chi connectivity index (χ3v) is 3.17. The number of amides is 1. The molecule has 4 nitrogen and oxygen atoms in total. The molecule has 3 rings (SSSR count). The van der Waals surface area contributed by atoms with Crippen LogP contribution in [0.3, 0.4) is 0 Å². The molecule has 0 saturated carbocycles. The molecule has 1 amide bonds. The Hall–Kier alpha value is -2.62. The summed E-state index contributed by atoms with van der Waals surface area (Å²) in [7, 11) is 3.47. The zero-order valence-electron chi connectivity index (χ0n) is 11.3. The minimum absolute atomic E-state index is 0.0351. The van der Waals surface area contributed by atoms with E-state index in [-0.39, 0.29) is 5.91 Å². The van der Waals surface area contributed by atoms with Crippen LogP contribution in [0.5, 0.6) is 0 Å². The van der Waals surface area contributed by atoms with Crippen molar-refractivity contribution in [2.45, 2.75) is 0 Å². The number of aromatic nitrogens is 1. The molecule has 3 aromatic rings. The van der Waals surface area contributed by atoms with E-state index in [9.17, 15) is 4.79 Å². The van der Waals surface area contributed by atoms with Gasteiger partial charge < -0.3 is 9.42 Å². The predicted molar refractivity (Wildman–Crippen MR) is 77.5 cm³/mol. The quantitative estimate of drug-likeness (QED) is 0.715. The Morgan fingerprint density at radius 3 is 2.55 bits per heavy atom. The van der Waals surface area contributed by atoms with E-state index in [0.29, 0.717) is 11.3 Å². The smallest absolute Gasteiger partial charge is 0.253 e. The molecule has 0 fully saturated rings. The van der Waals surface area contributed by atoms with Crippen molar-refractivity contribution in [1.82, 2.24) is 10.1 Å². The van der Waals surface area contributed by atoms with Crippen LogP contribution in [0, 0.1) is 0 Å². The number of hydrogen-bond donors (Lipinski definition) is 0. The van der Waals surface area contributed by atoms with Crippen molar-refractivity contribution in [1.29, 1.82) is 0 Å². The highest BCUT2D eigenvalue weighted by atomic mass is 16.5. The molecule has 20 heavy (non-hydrogen) atoms. The number of hydrogen-bond acceptors (Lipinski definition) is 3. The molecule has 1 heterocycles. The minimum Gasteiger partial charge on any atom is -0.355 e. The van der Waals surface area contributed by atoms with Gasteiger partial charge in [0.15, 0.2) is 5.76 Å². The third-order valence-electron chi connectivity index (χ3n) is 3.17. The zero-order chi connectivity index (χ0) is 14.1. The molecule has 0 aliphatic carbocycles. The topological polar surface area (TPSA) is 46.3 Å². The van der Waals surface area contributed by atoms with Gasteiger partial charge in [-0.15, -0.1) is 0 Å². The molecule has 100 valence electrons. The fourth-order valence-electron chi connectivity index (χ4n) is 2.13. The lowest BCUT2D eigenvalue weighted by Crippen LogP contribution is -2.21. The van der Waals surface area contributed by atoms with E-state index in [1.54, 1.807) is 25.1 Å². The first-order chi connectivity index (χ1) is 9.66. The van der Waals surface area contributed by atoms with E-state index in [4.69, 9.17) is 4.52 Å². The second-order valence-corrected chi connectivity index (χ2v) is 4.81. The summed E-state index contributed by atoms with van der Waals surface area (Å²) >= 11 is 0. The van der Waals surface area contributed by atoms with E-state index < -0.39 is 0 Å². The first kappa shape index (κ1) is 12.4. The van der Waals surface area contributed by atoms with Crippen LogP contribution in [0.25, 0.3) is 22.2 Å². The van der Waals surface area contributed by atoms with Gasteiger partial charge in [-0.05, 0) is 18.2 Å². The Morgan fingerprint density at radius 1 is 1.10 bits per heavy atom. The van der Waals surface area contributed by atoms with E-state index >= 15 is 0 Å². The molecule has 1 aromatic heterocycles. The van der Waals surface area contributed by atoms with Crippen LogP contribution in [-0.2, 0) is 0 Å². The number of nitrogens with zero attached hydrogens (tertiary/aromatic N) is 2. The van der Waals surface area contributed by atoms with Gasteiger partial charge in [0.05, 0.1) is 5.39 Å². The average molecular weight is 266 g/mol. The lowest BCUT2D eigenvalue weighted by Gasteiger charge is -2.09. The lowest BCUT2D eigenvalue weighted by molar-refractivity contribution is 0.0828. The predicted octanol–water partition coefficient (Wildman–Crippen LogP) is 3.20. The molecule has 2 aromatic carbocycles. The van der Waals surface area contributed by atoms with Crippen LogP contribution < -0.4 is 0 Å². The molecule has 0 unspecified atom stereocenters. The fraction of sp³-hybridized carbons (Fsp3) is 0.125. The highest BCUT2D eigenvalue weighted by Gasteiger charge is 2.14. The second-order valence-electron chi connectivity index (χ2n) is 4.81. The fourth-order valence-corrected chi connectivity index (χ4v) is 2.13. The van der Waals surface area contributed by atoms with E-state index in [1.165, 1.54) is 0 Å². The van der Waals surface area contributed by atoms with Crippen molar-refractivity contribution in [3.8, 4) is 11.3 Å². The van der Waals surface area contributed by atoms with Gasteiger partial charge in [-0.2, -0.15) is 0 Å². The van der Waals surface area contributed by atoms with Crippen molar-refractivity contribution in [2.75, 3.05) is 14.1 Å². The molecular formula is C16H14N2O2. The second kappa shape index (κ2) is 4.81. The molecule has 0 atom stereocenters. The zero-order valence-corrected chi connectivity index (χ0v) is 11.3. The molecule has 0 N–H and O–H groups in total. The summed E-state index contributed by atoms with van der Waals surface area (Å²) in [5.74, 6) is 0.654. The average Bonchev–Trinajstić information content (AvgIpc) is 2.90. The molecular weight excluding hydrogens is 252 g/mol. The maximum absolute atomic E-state index is 12.0. The molecule has 4 heteroatoms. The van der Waals surface area contributed by atoms with Crippen LogP contribution in [0.15, 0.2) is 53.1 Å². The monoisotopic (exact) mass is 266 g/mol. The van der Waals surface area contributed by atoms with Crippen LogP contribution in [0.2, 0.25) is 0 Å². The van der Waals surface area contributed by atoms with Crippen molar-refractivity contribution in [3.05, 3.63) is 54.1 Å².